The largest absolute Gasteiger partial charge is 0.487 e. The van der Waals surface area contributed by atoms with E-state index < -0.39 is 0 Å². The van der Waals surface area contributed by atoms with Crippen molar-refractivity contribution in [3.05, 3.63) is 59.9 Å². The predicted octanol–water partition coefficient (Wildman–Crippen LogP) is 3.59. The van der Waals surface area contributed by atoms with Crippen LogP contribution in [0.3, 0.4) is 0 Å². The molecule has 21 heavy (non-hydrogen) atoms. The summed E-state index contributed by atoms with van der Waals surface area (Å²) < 4.78 is 5.74. The van der Waals surface area contributed by atoms with Gasteiger partial charge in [-0.2, -0.15) is 0 Å². The minimum Gasteiger partial charge on any atom is -0.487 e. The first-order valence-corrected chi connectivity index (χ1v) is 7.63. The van der Waals surface area contributed by atoms with Crippen molar-refractivity contribution in [3.63, 3.8) is 0 Å². The predicted molar refractivity (Wildman–Crippen MR) is 86.5 cm³/mol. The lowest BCUT2D eigenvalue weighted by Gasteiger charge is -2.12. The Balaban J connectivity index is 1.79. The van der Waals surface area contributed by atoms with Crippen LogP contribution in [0.4, 0.5) is 0 Å². The van der Waals surface area contributed by atoms with Gasteiger partial charge in [-0.3, -0.25) is 4.98 Å². The molecule has 3 nitrogen and oxygen atoms in total. The van der Waals surface area contributed by atoms with Gasteiger partial charge in [-0.1, -0.05) is 25.1 Å². The summed E-state index contributed by atoms with van der Waals surface area (Å²) >= 11 is 0. The van der Waals surface area contributed by atoms with Gasteiger partial charge in [0.15, 0.2) is 0 Å². The number of hydrogen-bond donors (Lipinski definition) is 1. The third-order valence-corrected chi connectivity index (χ3v) is 3.45. The highest BCUT2D eigenvalue weighted by Crippen LogP contribution is 2.15. The highest BCUT2D eigenvalue weighted by molar-refractivity contribution is 5.27. The van der Waals surface area contributed by atoms with E-state index in [2.05, 4.69) is 36.3 Å². The molecule has 0 radical (unpaired) electrons. The van der Waals surface area contributed by atoms with Crippen molar-refractivity contribution in [3.8, 4) is 5.75 Å². The normalized spacial score (nSPS) is 12.1. The molecule has 2 aromatic rings. The molecular weight excluding hydrogens is 260 g/mol. The number of benzene rings is 1. The van der Waals surface area contributed by atoms with Crippen molar-refractivity contribution in [1.82, 2.24) is 10.3 Å². The summed E-state index contributed by atoms with van der Waals surface area (Å²) in [6.07, 6.45) is 4.03. The topological polar surface area (TPSA) is 34.1 Å². The first-order valence-electron chi connectivity index (χ1n) is 7.63. The molecule has 0 spiro atoms. The van der Waals surface area contributed by atoms with E-state index in [0.717, 1.165) is 30.8 Å². The summed E-state index contributed by atoms with van der Waals surface area (Å²) in [5.74, 6) is 0.893. The number of aromatic nitrogens is 1. The minimum absolute atomic E-state index is 0.512. The van der Waals surface area contributed by atoms with Crippen LogP contribution in [0.15, 0.2) is 48.7 Å². The molecule has 0 saturated carbocycles. The Morgan fingerprint density at radius 2 is 1.95 bits per heavy atom. The van der Waals surface area contributed by atoms with Crippen molar-refractivity contribution in [1.29, 1.82) is 0 Å². The quantitative estimate of drug-likeness (QED) is 0.804. The Bertz CT molecular complexity index is 511. The summed E-state index contributed by atoms with van der Waals surface area (Å²) in [5.41, 5.74) is 2.30. The van der Waals surface area contributed by atoms with Gasteiger partial charge in [-0.05, 0) is 56.1 Å². The van der Waals surface area contributed by atoms with E-state index in [4.69, 9.17) is 4.74 Å². The molecule has 1 atom stereocenters. The number of aryl methyl sites for hydroxylation is 1. The Kier molecular flexibility index (Phi) is 6.22. The fourth-order valence-electron chi connectivity index (χ4n) is 2.23. The molecule has 0 bridgehead atoms. The highest BCUT2D eigenvalue weighted by atomic mass is 16.5. The van der Waals surface area contributed by atoms with Gasteiger partial charge in [0.1, 0.15) is 12.4 Å². The molecule has 0 amide bonds. The van der Waals surface area contributed by atoms with Gasteiger partial charge in [0.05, 0.1) is 5.69 Å². The van der Waals surface area contributed by atoms with Crippen molar-refractivity contribution in [2.45, 2.75) is 39.3 Å². The minimum atomic E-state index is 0.512. The standard InChI is InChI=1S/C18H24N2O/c1-3-19-15(2)7-8-16-9-11-18(12-10-16)21-14-17-6-4-5-13-20-17/h4-6,9-13,15,19H,3,7-8,14H2,1-2H3. The van der Waals surface area contributed by atoms with Gasteiger partial charge in [-0.25, -0.2) is 0 Å². The Hall–Kier alpha value is -1.87. The number of nitrogens with one attached hydrogen (secondary N) is 1. The second-order valence-corrected chi connectivity index (χ2v) is 5.25. The number of rotatable bonds is 8. The van der Waals surface area contributed by atoms with Gasteiger partial charge < -0.3 is 10.1 Å². The van der Waals surface area contributed by atoms with Gasteiger partial charge in [0, 0.05) is 12.2 Å². The maximum atomic E-state index is 5.74. The summed E-state index contributed by atoms with van der Waals surface area (Å²) in [7, 11) is 0. The molecule has 1 aromatic heterocycles. The molecule has 0 aliphatic carbocycles. The third kappa shape index (κ3) is 5.56. The zero-order valence-electron chi connectivity index (χ0n) is 12.9. The molecule has 112 valence electrons. The van der Waals surface area contributed by atoms with Crippen LogP contribution in [0, 0.1) is 0 Å². The maximum absolute atomic E-state index is 5.74. The second-order valence-electron chi connectivity index (χ2n) is 5.25. The van der Waals surface area contributed by atoms with Crippen molar-refractivity contribution >= 4 is 0 Å². The van der Waals surface area contributed by atoms with Crippen LogP contribution in [0.1, 0.15) is 31.5 Å². The van der Waals surface area contributed by atoms with Crippen LogP contribution >= 0.6 is 0 Å². The van der Waals surface area contributed by atoms with E-state index in [9.17, 15) is 0 Å². The second kappa shape index (κ2) is 8.42. The van der Waals surface area contributed by atoms with Crippen LogP contribution in [-0.4, -0.2) is 17.6 Å². The molecule has 0 aliphatic rings. The number of hydrogen-bond acceptors (Lipinski definition) is 3. The van der Waals surface area contributed by atoms with Gasteiger partial charge in [0.25, 0.3) is 0 Å². The summed E-state index contributed by atoms with van der Waals surface area (Å²) in [6, 6.07) is 14.8. The third-order valence-electron chi connectivity index (χ3n) is 3.45. The molecule has 0 saturated heterocycles. The van der Waals surface area contributed by atoms with Crippen molar-refractivity contribution < 1.29 is 4.74 Å². The summed E-state index contributed by atoms with van der Waals surface area (Å²) in [5, 5.41) is 3.43. The first kappa shape index (κ1) is 15.5. The first-order chi connectivity index (χ1) is 10.3. The van der Waals surface area contributed by atoms with Crippen LogP contribution in [-0.2, 0) is 13.0 Å². The van der Waals surface area contributed by atoms with E-state index in [1.54, 1.807) is 6.20 Å². The number of pyridine rings is 1. The fourth-order valence-corrected chi connectivity index (χ4v) is 2.23. The Morgan fingerprint density at radius 3 is 2.62 bits per heavy atom. The molecule has 0 aliphatic heterocycles. The highest BCUT2D eigenvalue weighted by Gasteiger charge is 2.02. The van der Waals surface area contributed by atoms with Crippen molar-refractivity contribution in [2.75, 3.05) is 6.54 Å². The molecular formula is C18H24N2O. The lowest BCUT2D eigenvalue weighted by atomic mass is 10.1. The van der Waals surface area contributed by atoms with Crippen molar-refractivity contribution in [2.24, 2.45) is 0 Å². The zero-order valence-corrected chi connectivity index (χ0v) is 12.9. The number of nitrogens with zero attached hydrogens (tertiary/aromatic N) is 1. The average Bonchev–Trinajstić information content (AvgIpc) is 2.53. The Labute approximate surface area is 127 Å². The Morgan fingerprint density at radius 1 is 1.14 bits per heavy atom. The molecule has 1 aromatic carbocycles. The van der Waals surface area contributed by atoms with Crippen LogP contribution < -0.4 is 10.1 Å². The van der Waals surface area contributed by atoms with E-state index in [1.165, 1.54) is 5.56 Å². The van der Waals surface area contributed by atoms with Gasteiger partial charge in [0.2, 0.25) is 0 Å². The molecule has 0 fully saturated rings. The zero-order chi connectivity index (χ0) is 14.9. The van der Waals surface area contributed by atoms with E-state index in [1.807, 2.05) is 30.3 Å². The van der Waals surface area contributed by atoms with Gasteiger partial charge >= 0.3 is 0 Å². The average molecular weight is 284 g/mol. The molecule has 3 heteroatoms. The maximum Gasteiger partial charge on any atom is 0.130 e. The number of ether oxygens (including phenoxy) is 1. The lowest BCUT2D eigenvalue weighted by molar-refractivity contribution is 0.301. The molecule has 1 heterocycles. The SMILES string of the molecule is CCNC(C)CCc1ccc(OCc2ccccn2)cc1. The molecule has 1 unspecified atom stereocenters. The smallest absolute Gasteiger partial charge is 0.130 e. The van der Waals surface area contributed by atoms with Crippen LogP contribution in [0.25, 0.3) is 0 Å². The van der Waals surface area contributed by atoms with Gasteiger partial charge in [-0.15, -0.1) is 0 Å². The monoisotopic (exact) mass is 284 g/mol. The van der Waals surface area contributed by atoms with Crippen LogP contribution in [0.2, 0.25) is 0 Å². The molecule has 2 rings (SSSR count). The fraction of sp³-hybridized carbons (Fsp3) is 0.389. The van der Waals surface area contributed by atoms with E-state index in [-0.39, 0.29) is 0 Å². The van der Waals surface area contributed by atoms with Crippen LogP contribution in [0.5, 0.6) is 5.75 Å². The summed E-state index contributed by atoms with van der Waals surface area (Å²) in [6.45, 7) is 5.91. The van der Waals surface area contributed by atoms with E-state index in [0.29, 0.717) is 12.6 Å². The lowest BCUT2D eigenvalue weighted by Crippen LogP contribution is -2.25. The van der Waals surface area contributed by atoms with E-state index >= 15 is 0 Å². The summed E-state index contributed by atoms with van der Waals surface area (Å²) in [4.78, 5) is 4.25. The molecule has 1 N–H and O–H groups in total.